The number of anilines is 2. The number of piperazine rings is 1. The van der Waals surface area contributed by atoms with Gasteiger partial charge in [0.2, 0.25) is 0 Å². The maximum atomic E-state index is 6.02. The van der Waals surface area contributed by atoms with Crippen molar-refractivity contribution < 1.29 is 0 Å². The lowest BCUT2D eigenvalue weighted by molar-refractivity contribution is 0.647. The van der Waals surface area contributed by atoms with Gasteiger partial charge in [-0.05, 0) is 42.5 Å². The van der Waals surface area contributed by atoms with Crippen LogP contribution < -0.4 is 9.80 Å². The molecule has 0 saturated carbocycles. The average Bonchev–Trinajstić information content (AvgIpc) is 3.19. The maximum Gasteiger partial charge on any atom is 0.154 e. The minimum atomic E-state index is 0.721. The molecular weight excluding hydrogens is 405 g/mol. The van der Waals surface area contributed by atoms with E-state index in [1.165, 1.54) is 5.69 Å². The van der Waals surface area contributed by atoms with Gasteiger partial charge in [0.1, 0.15) is 5.52 Å². The molecule has 1 aliphatic heterocycles. The molecule has 0 amide bonds. The molecule has 1 fully saturated rings. The van der Waals surface area contributed by atoms with Gasteiger partial charge in [0.15, 0.2) is 5.82 Å². The molecule has 29 heavy (non-hydrogen) atoms. The van der Waals surface area contributed by atoms with E-state index in [0.29, 0.717) is 0 Å². The highest BCUT2D eigenvalue weighted by molar-refractivity contribution is 6.30. The third-order valence-electron chi connectivity index (χ3n) is 5.28. The molecule has 146 valence electrons. The summed E-state index contributed by atoms with van der Waals surface area (Å²) in [5.41, 5.74) is 4.17. The van der Waals surface area contributed by atoms with Crippen molar-refractivity contribution in [2.75, 3.05) is 36.0 Å². The van der Waals surface area contributed by atoms with Crippen LogP contribution in [0.5, 0.6) is 0 Å². The first-order valence-corrected chi connectivity index (χ1v) is 10.3. The number of aromatic nitrogens is 3. The number of nitrogens with zero attached hydrogens (tertiary/aromatic N) is 5. The van der Waals surface area contributed by atoms with Gasteiger partial charge in [-0.15, -0.1) is 0 Å². The van der Waals surface area contributed by atoms with Crippen LogP contribution in [0.3, 0.4) is 0 Å². The zero-order chi connectivity index (χ0) is 19.8. The Morgan fingerprint density at radius 1 is 0.759 bits per heavy atom. The molecule has 0 spiro atoms. The summed E-state index contributed by atoms with van der Waals surface area (Å²) >= 11 is 12.0. The summed E-state index contributed by atoms with van der Waals surface area (Å²) in [6, 6.07) is 17.9. The SMILES string of the molecule is Clc1ccc(-c2cc3c(N4CCN(c5ccc(Cl)cc5)CC4)nccn3n2)cc1. The lowest BCUT2D eigenvalue weighted by atomic mass is 10.1. The van der Waals surface area contributed by atoms with E-state index in [2.05, 4.69) is 33.0 Å². The molecule has 1 aliphatic rings. The Labute approximate surface area is 179 Å². The fourth-order valence-electron chi connectivity index (χ4n) is 3.74. The summed E-state index contributed by atoms with van der Waals surface area (Å²) in [4.78, 5) is 9.37. The number of benzene rings is 2. The first-order valence-electron chi connectivity index (χ1n) is 9.53. The van der Waals surface area contributed by atoms with Crippen LogP contribution in [0, 0.1) is 0 Å². The number of rotatable bonds is 3. The second-order valence-corrected chi connectivity index (χ2v) is 7.94. The molecule has 5 nitrogen and oxygen atoms in total. The normalized spacial score (nSPS) is 14.6. The fraction of sp³-hybridized carbons (Fsp3) is 0.182. The highest BCUT2D eigenvalue weighted by atomic mass is 35.5. The van der Waals surface area contributed by atoms with Crippen LogP contribution in [0.25, 0.3) is 16.8 Å². The van der Waals surface area contributed by atoms with Crippen molar-refractivity contribution in [3.05, 3.63) is 77.0 Å². The Balaban J connectivity index is 1.39. The second-order valence-electron chi connectivity index (χ2n) is 7.07. The number of halogens is 2. The number of hydrogen-bond acceptors (Lipinski definition) is 4. The number of fused-ring (bicyclic) bond motifs is 1. The van der Waals surface area contributed by atoms with Gasteiger partial charge in [-0.1, -0.05) is 35.3 Å². The van der Waals surface area contributed by atoms with Crippen LogP contribution in [0.1, 0.15) is 0 Å². The van der Waals surface area contributed by atoms with Crippen molar-refractivity contribution >= 4 is 40.2 Å². The summed E-state index contributed by atoms with van der Waals surface area (Å²) in [5, 5.41) is 6.21. The zero-order valence-corrected chi connectivity index (χ0v) is 17.2. The van der Waals surface area contributed by atoms with E-state index in [1.807, 2.05) is 53.3 Å². The minimum Gasteiger partial charge on any atom is -0.368 e. The summed E-state index contributed by atoms with van der Waals surface area (Å²) < 4.78 is 1.90. The summed E-state index contributed by atoms with van der Waals surface area (Å²) in [6.07, 6.45) is 3.70. The topological polar surface area (TPSA) is 36.7 Å². The van der Waals surface area contributed by atoms with Crippen LogP contribution in [-0.2, 0) is 0 Å². The third-order valence-corrected chi connectivity index (χ3v) is 5.78. The first-order chi connectivity index (χ1) is 14.2. The van der Waals surface area contributed by atoms with E-state index < -0.39 is 0 Å². The Hall–Kier alpha value is -2.76. The standard InChI is InChI=1S/C22H19Cl2N5/c23-17-3-1-16(2-4-17)20-15-21-22(25-9-10-29(21)26-20)28-13-11-27(12-14-28)19-7-5-18(24)6-8-19/h1-10,15H,11-14H2. The molecule has 1 saturated heterocycles. The van der Waals surface area contributed by atoms with E-state index >= 15 is 0 Å². The largest absolute Gasteiger partial charge is 0.368 e. The maximum absolute atomic E-state index is 6.02. The Bertz CT molecular complexity index is 1130. The lowest BCUT2D eigenvalue weighted by Gasteiger charge is -2.36. The number of hydrogen-bond donors (Lipinski definition) is 0. The third kappa shape index (κ3) is 3.63. The minimum absolute atomic E-state index is 0.721. The van der Waals surface area contributed by atoms with Gasteiger partial charge in [0.25, 0.3) is 0 Å². The van der Waals surface area contributed by atoms with E-state index in [1.54, 1.807) is 0 Å². The Morgan fingerprint density at radius 2 is 1.38 bits per heavy atom. The van der Waals surface area contributed by atoms with Crippen molar-refractivity contribution in [1.29, 1.82) is 0 Å². The van der Waals surface area contributed by atoms with Gasteiger partial charge in [0.05, 0.1) is 5.69 Å². The molecule has 0 N–H and O–H groups in total. The molecule has 0 aliphatic carbocycles. The van der Waals surface area contributed by atoms with E-state index in [9.17, 15) is 0 Å². The lowest BCUT2D eigenvalue weighted by Crippen LogP contribution is -2.47. The van der Waals surface area contributed by atoms with Crippen LogP contribution in [-0.4, -0.2) is 40.8 Å². The van der Waals surface area contributed by atoms with Gasteiger partial charge < -0.3 is 9.80 Å². The Morgan fingerprint density at radius 3 is 2.07 bits per heavy atom. The van der Waals surface area contributed by atoms with Crippen molar-refractivity contribution in [2.45, 2.75) is 0 Å². The highest BCUT2D eigenvalue weighted by Crippen LogP contribution is 2.27. The Kier molecular flexibility index (Phi) is 4.78. The molecule has 0 bridgehead atoms. The predicted octanol–water partition coefficient (Wildman–Crippen LogP) is 5.03. The van der Waals surface area contributed by atoms with Crippen LogP contribution in [0.2, 0.25) is 10.0 Å². The predicted molar refractivity (Wildman–Crippen MR) is 119 cm³/mol. The molecule has 4 aromatic rings. The van der Waals surface area contributed by atoms with Gasteiger partial charge in [-0.2, -0.15) is 5.10 Å². The molecule has 3 heterocycles. The molecule has 0 atom stereocenters. The summed E-state index contributed by atoms with van der Waals surface area (Å²) in [7, 11) is 0. The van der Waals surface area contributed by atoms with Gasteiger partial charge >= 0.3 is 0 Å². The highest BCUT2D eigenvalue weighted by Gasteiger charge is 2.21. The summed E-state index contributed by atoms with van der Waals surface area (Å²) in [5.74, 6) is 0.968. The van der Waals surface area contributed by atoms with Crippen molar-refractivity contribution in [3.63, 3.8) is 0 Å². The van der Waals surface area contributed by atoms with Crippen molar-refractivity contribution in [3.8, 4) is 11.3 Å². The molecule has 0 radical (unpaired) electrons. The first kappa shape index (κ1) is 18.3. The smallest absolute Gasteiger partial charge is 0.154 e. The molecular formula is C22H19Cl2N5. The van der Waals surface area contributed by atoms with Crippen LogP contribution in [0.4, 0.5) is 11.5 Å². The molecule has 2 aromatic heterocycles. The van der Waals surface area contributed by atoms with E-state index in [-0.39, 0.29) is 0 Å². The van der Waals surface area contributed by atoms with Gasteiger partial charge in [-0.3, -0.25) is 0 Å². The van der Waals surface area contributed by atoms with Gasteiger partial charge in [0, 0.05) is 59.9 Å². The average molecular weight is 424 g/mol. The molecule has 0 unspecified atom stereocenters. The quantitative estimate of drug-likeness (QED) is 0.462. The van der Waals surface area contributed by atoms with Crippen molar-refractivity contribution in [1.82, 2.24) is 14.6 Å². The molecule has 7 heteroatoms. The van der Waals surface area contributed by atoms with Crippen LogP contribution >= 0.6 is 23.2 Å². The fourth-order valence-corrected chi connectivity index (χ4v) is 3.99. The van der Waals surface area contributed by atoms with E-state index in [0.717, 1.165) is 58.8 Å². The molecule has 2 aromatic carbocycles. The zero-order valence-electron chi connectivity index (χ0n) is 15.7. The summed E-state index contributed by atoms with van der Waals surface area (Å²) in [6.45, 7) is 3.67. The van der Waals surface area contributed by atoms with E-state index in [4.69, 9.17) is 28.3 Å². The van der Waals surface area contributed by atoms with Crippen molar-refractivity contribution in [2.24, 2.45) is 0 Å². The second kappa shape index (κ2) is 7.58. The van der Waals surface area contributed by atoms with Crippen LogP contribution in [0.15, 0.2) is 67.0 Å². The molecule has 5 rings (SSSR count). The monoisotopic (exact) mass is 423 g/mol. The van der Waals surface area contributed by atoms with Gasteiger partial charge in [-0.25, -0.2) is 9.50 Å².